The van der Waals surface area contributed by atoms with Crippen molar-refractivity contribution in [2.75, 3.05) is 0 Å². The van der Waals surface area contributed by atoms with E-state index in [1.165, 1.54) is 0 Å². The van der Waals surface area contributed by atoms with Crippen molar-refractivity contribution in [3.63, 3.8) is 0 Å². The van der Waals surface area contributed by atoms with Gasteiger partial charge in [0.25, 0.3) is 11.4 Å². The Kier molecular flexibility index (Phi) is 4.38. The molecule has 2 aromatic rings. The summed E-state index contributed by atoms with van der Waals surface area (Å²) < 4.78 is 2.02. The summed E-state index contributed by atoms with van der Waals surface area (Å²) in [6, 6.07) is 13.6. The molecule has 2 rings (SSSR count). The number of nitrogens with zero attached hydrogens (tertiary/aromatic N) is 2. The Balaban J connectivity index is 2.40. The van der Waals surface area contributed by atoms with Crippen LogP contribution < -0.4 is 0 Å². The van der Waals surface area contributed by atoms with Gasteiger partial charge in [0.1, 0.15) is 0 Å². The number of benzene rings is 2. The summed E-state index contributed by atoms with van der Waals surface area (Å²) in [5.74, 6) is 0. The van der Waals surface area contributed by atoms with Crippen LogP contribution in [0.25, 0.3) is 0 Å². The van der Waals surface area contributed by atoms with Gasteiger partial charge in [0.2, 0.25) is 0 Å². The molecule has 0 aromatic heterocycles. The van der Waals surface area contributed by atoms with Crippen molar-refractivity contribution in [2.24, 2.45) is 0 Å². The Bertz CT molecular complexity index is 527. The number of halogens is 2. The van der Waals surface area contributed by atoms with Gasteiger partial charge in [0, 0.05) is 31.4 Å². The van der Waals surface area contributed by atoms with Crippen LogP contribution in [0.5, 0.6) is 0 Å². The van der Waals surface area contributed by atoms with Crippen molar-refractivity contribution in [3.8, 4) is 0 Å². The van der Waals surface area contributed by atoms with E-state index in [0.717, 1.165) is 7.14 Å². The standard InChI is InChI=1S/C12H8I2N2O2/c13-9-1-5-11(6-2-9)15(17)16(18)12-7-3-10(14)4-8-12/h1-8H/b16-15-. The Morgan fingerprint density at radius 1 is 0.611 bits per heavy atom. The lowest BCUT2D eigenvalue weighted by Crippen LogP contribution is -2.08. The molecule has 2 aromatic carbocycles. The molecule has 0 amide bonds. The van der Waals surface area contributed by atoms with Gasteiger partial charge in [-0.25, -0.2) is 0 Å². The van der Waals surface area contributed by atoms with Crippen LogP contribution >= 0.6 is 45.2 Å². The van der Waals surface area contributed by atoms with E-state index in [2.05, 4.69) is 45.2 Å². The molecule has 0 spiro atoms. The third-order valence-corrected chi connectivity index (χ3v) is 3.70. The fourth-order valence-corrected chi connectivity index (χ4v) is 2.07. The van der Waals surface area contributed by atoms with Gasteiger partial charge in [0.05, 0.1) is 9.72 Å². The van der Waals surface area contributed by atoms with E-state index in [9.17, 15) is 10.4 Å². The molecular weight excluding hydrogens is 458 g/mol. The highest BCUT2D eigenvalue weighted by molar-refractivity contribution is 14.1. The SMILES string of the molecule is [O-]/[N+](c1ccc(I)cc1)=[N+](\[O-])c1ccc(I)cc1. The topological polar surface area (TPSA) is 52.1 Å². The molecule has 0 radical (unpaired) electrons. The molecule has 18 heavy (non-hydrogen) atoms. The van der Waals surface area contributed by atoms with Gasteiger partial charge < -0.3 is 10.4 Å². The van der Waals surface area contributed by atoms with Crippen LogP contribution in [0, 0.1) is 17.6 Å². The molecule has 6 heteroatoms. The minimum absolute atomic E-state index is 0.309. The van der Waals surface area contributed by atoms with Crippen LogP contribution in [0.4, 0.5) is 11.4 Å². The zero-order valence-corrected chi connectivity index (χ0v) is 13.4. The Morgan fingerprint density at radius 2 is 0.889 bits per heavy atom. The zero-order chi connectivity index (χ0) is 13.1. The third kappa shape index (κ3) is 3.10. The molecule has 92 valence electrons. The molecule has 0 N–H and O–H groups in total. The average molecular weight is 466 g/mol. The van der Waals surface area contributed by atoms with Gasteiger partial charge in [-0.3, -0.25) is 0 Å². The summed E-state index contributed by atoms with van der Waals surface area (Å²) in [5.41, 5.74) is 0.618. The number of hydrogen-bond acceptors (Lipinski definition) is 2. The van der Waals surface area contributed by atoms with Crippen molar-refractivity contribution in [1.82, 2.24) is 0 Å². The molecule has 0 aliphatic heterocycles. The predicted molar refractivity (Wildman–Crippen MR) is 84.9 cm³/mol. The molecule has 0 aliphatic carbocycles. The van der Waals surface area contributed by atoms with E-state index in [1.807, 2.05) is 0 Å². The summed E-state index contributed by atoms with van der Waals surface area (Å²) >= 11 is 4.28. The second-order valence-corrected chi connectivity index (χ2v) is 5.99. The fraction of sp³-hybridized carbons (Fsp3) is 0. The van der Waals surface area contributed by atoms with E-state index in [1.54, 1.807) is 48.5 Å². The van der Waals surface area contributed by atoms with E-state index in [4.69, 9.17) is 0 Å². The van der Waals surface area contributed by atoms with E-state index >= 15 is 0 Å². The van der Waals surface area contributed by atoms with Crippen molar-refractivity contribution in [1.29, 1.82) is 0 Å². The fourth-order valence-electron chi connectivity index (χ4n) is 1.35. The molecule has 0 saturated carbocycles. The molecule has 4 nitrogen and oxygen atoms in total. The summed E-state index contributed by atoms with van der Waals surface area (Å²) in [6.45, 7) is 0. The smallest absolute Gasteiger partial charge is 0.287 e. The van der Waals surface area contributed by atoms with Crippen LogP contribution in [0.15, 0.2) is 48.5 Å². The first kappa shape index (κ1) is 13.5. The second kappa shape index (κ2) is 5.83. The third-order valence-electron chi connectivity index (χ3n) is 2.26. The van der Waals surface area contributed by atoms with Crippen LogP contribution in [-0.2, 0) is 0 Å². The van der Waals surface area contributed by atoms with E-state index in [-0.39, 0.29) is 0 Å². The molecule has 0 atom stereocenters. The molecule has 0 bridgehead atoms. The van der Waals surface area contributed by atoms with Crippen molar-refractivity contribution < 1.29 is 9.72 Å². The molecule has 0 heterocycles. The molecule has 0 unspecified atom stereocenters. The first-order valence-corrected chi connectivity index (χ1v) is 7.19. The zero-order valence-electron chi connectivity index (χ0n) is 9.09. The Labute approximate surface area is 131 Å². The van der Waals surface area contributed by atoms with Crippen LogP contribution in [0.3, 0.4) is 0 Å². The first-order valence-electron chi connectivity index (χ1n) is 5.03. The second-order valence-electron chi connectivity index (χ2n) is 3.50. The predicted octanol–water partition coefficient (Wildman–Crippen LogP) is 4.33. The summed E-state index contributed by atoms with van der Waals surface area (Å²) in [4.78, 5) is 0.663. The number of rotatable bonds is 2. The largest absolute Gasteiger partial charge is 0.561 e. The summed E-state index contributed by atoms with van der Waals surface area (Å²) in [5, 5.41) is 23.7. The minimum Gasteiger partial charge on any atom is -0.561 e. The highest BCUT2D eigenvalue weighted by Gasteiger charge is 2.14. The molecule has 0 aliphatic rings. The lowest BCUT2D eigenvalue weighted by molar-refractivity contribution is -0.896. The monoisotopic (exact) mass is 466 g/mol. The lowest BCUT2D eigenvalue weighted by atomic mass is 10.3. The number of azo groups is 1. The molecule has 0 fully saturated rings. The van der Waals surface area contributed by atoms with Gasteiger partial charge in [-0.15, -0.1) is 0 Å². The van der Waals surface area contributed by atoms with Gasteiger partial charge in [-0.2, -0.15) is 0 Å². The first-order chi connectivity index (χ1) is 8.58. The van der Waals surface area contributed by atoms with Crippen LogP contribution in [0.1, 0.15) is 0 Å². The van der Waals surface area contributed by atoms with Crippen LogP contribution in [0.2, 0.25) is 0 Å². The van der Waals surface area contributed by atoms with Crippen molar-refractivity contribution >= 4 is 56.6 Å². The molecule has 0 saturated heterocycles. The van der Waals surface area contributed by atoms with Crippen LogP contribution in [-0.4, -0.2) is 9.72 Å². The van der Waals surface area contributed by atoms with Crippen molar-refractivity contribution in [2.45, 2.75) is 0 Å². The maximum absolute atomic E-state index is 11.9. The van der Waals surface area contributed by atoms with Gasteiger partial charge in [0.15, 0.2) is 0 Å². The quantitative estimate of drug-likeness (QED) is 0.287. The highest BCUT2D eigenvalue weighted by atomic mass is 127. The highest BCUT2D eigenvalue weighted by Crippen LogP contribution is 2.19. The normalized spacial score (nSPS) is 12.1. The van der Waals surface area contributed by atoms with Gasteiger partial charge in [-0.05, 0) is 69.4 Å². The average Bonchev–Trinajstić information content (AvgIpc) is 2.39. The lowest BCUT2D eigenvalue weighted by Gasteiger charge is -2.02. The van der Waals surface area contributed by atoms with Crippen molar-refractivity contribution in [3.05, 3.63) is 66.1 Å². The van der Waals surface area contributed by atoms with E-state index in [0.29, 0.717) is 21.1 Å². The minimum atomic E-state index is 0.309. The van der Waals surface area contributed by atoms with E-state index < -0.39 is 0 Å². The maximum atomic E-state index is 11.9. The molecular formula is C12H8I2N2O2. The summed E-state index contributed by atoms with van der Waals surface area (Å²) in [6.07, 6.45) is 0. The van der Waals surface area contributed by atoms with Gasteiger partial charge in [-0.1, -0.05) is 0 Å². The summed E-state index contributed by atoms with van der Waals surface area (Å²) in [7, 11) is 0. The Hall–Kier alpha value is -0.900. The Morgan fingerprint density at radius 3 is 1.17 bits per heavy atom. The maximum Gasteiger partial charge on any atom is 0.287 e. The number of hydrogen-bond donors (Lipinski definition) is 0. The van der Waals surface area contributed by atoms with Gasteiger partial charge >= 0.3 is 0 Å².